The molecule has 1 aliphatic carbocycles. The van der Waals surface area contributed by atoms with Crippen LogP contribution in [0.1, 0.15) is 46.5 Å². The summed E-state index contributed by atoms with van der Waals surface area (Å²) in [4.78, 5) is 4.57. The summed E-state index contributed by atoms with van der Waals surface area (Å²) in [6.45, 7) is 7.99. The first-order valence-electron chi connectivity index (χ1n) is 6.07. The molecule has 0 spiro atoms. The van der Waals surface area contributed by atoms with E-state index in [-0.39, 0.29) is 0 Å². The summed E-state index contributed by atoms with van der Waals surface area (Å²) in [6.07, 6.45) is 5.18. The maximum absolute atomic E-state index is 4.57. The van der Waals surface area contributed by atoms with Gasteiger partial charge in [-0.2, -0.15) is 0 Å². The van der Waals surface area contributed by atoms with E-state index in [9.17, 15) is 0 Å². The highest BCUT2D eigenvalue weighted by molar-refractivity contribution is 8.14. The highest BCUT2D eigenvalue weighted by atomic mass is 32.2. The van der Waals surface area contributed by atoms with Crippen molar-refractivity contribution in [1.29, 1.82) is 0 Å². The summed E-state index contributed by atoms with van der Waals surface area (Å²) in [5, 5.41) is 5.53. The van der Waals surface area contributed by atoms with E-state index in [1.807, 2.05) is 11.8 Å². The Labute approximate surface area is 97.3 Å². The monoisotopic (exact) mass is 226 g/mol. The van der Waals surface area contributed by atoms with Crippen molar-refractivity contribution in [2.75, 3.05) is 6.54 Å². The molecule has 0 aromatic carbocycles. The van der Waals surface area contributed by atoms with Gasteiger partial charge in [0.1, 0.15) is 0 Å². The molecule has 15 heavy (non-hydrogen) atoms. The van der Waals surface area contributed by atoms with Crippen LogP contribution >= 0.6 is 11.8 Å². The molecular weight excluding hydrogens is 204 g/mol. The molecule has 2 unspecified atom stereocenters. The van der Waals surface area contributed by atoms with Gasteiger partial charge >= 0.3 is 0 Å². The number of rotatable bonds is 2. The van der Waals surface area contributed by atoms with E-state index in [2.05, 4.69) is 31.1 Å². The summed E-state index contributed by atoms with van der Waals surface area (Å²) < 4.78 is 0. The molecule has 86 valence electrons. The molecule has 0 aromatic heterocycles. The zero-order valence-electron chi connectivity index (χ0n) is 10.0. The summed E-state index contributed by atoms with van der Waals surface area (Å²) in [7, 11) is 0. The van der Waals surface area contributed by atoms with Crippen molar-refractivity contribution in [1.82, 2.24) is 5.32 Å². The lowest BCUT2D eigenvalue weighted by Gasteiger charge is -2.18. The van der Waals surface area contributed by atoms with Gasteiger partial charge in [0.25, 0.3) is 0 Å². The third kappa shape index (κ3) is 2.90. The Morgan fingerprint density at radius 3 is 2.87 bits per heavy atom. The van der Waals surface area contributed by atoms with E-state index in [0.717, 1.165) is 11.8 Å². The molecular formula is C12H22N2S. The predicted molar refractivity (Wildman–Crippen MR) is 68.5 cm³/mol. The fourth-order valence-electron chi connectivity index (χ4n) is 2.44. The second-order valence-electron chi connectivity index (χ2n) is 5.54. The van der Waals surface area contributed by atoms with Crippen molar-refractivity contribution >= 4 is 16.9 Å². The van der Waals surface area contributed by atoms with Crippen LogP contribution in [0, 0.1) is 5.41 Å². The number of thioether (sulfide) groups is 1. The van der Waals surface area contributed by atoms with Crippen molar-refractivity contribution in [2.45, 2.75) is 57.7 Å². The Balaban J connectivity index is 1.79. The van der Waals surface area contributed by atoms with Crippen molar-refractivity contribution in [3.05, 3.63) is 0 Å². The lowest BCUT2D eigenvalue weighted by atomic mass is 9.92. The van der Waals surface area contributed by atoms with E-state index in [1.54, 1.807) is 0 Å². The van der Waals surface area contributed by atoms with Gasteiger partial charge in [0.05, 0.1) is 6.54 Å². The highest BCUT2D eigenvalue weighted by Gasteiger charge is 2.32. The van der Waals surface area contributed by atoms with Crippen LogP contribution in [-0.4, -0.2) is 23.0 Å². The molecule has 0 saturated heterocycles. The van der Waals surface area contributed by atoms with Gasteiger partial charge in [-0.1, -0.05) is 32.5 Å². The van der Waals surface area contributed by atoms with Crippen LogP contribution < -0.4 is 5.32 Å². The summed E-state index contributed by atoms with van der Waals surface area (Å²) >= 11 is 1.94. The van der Waals surface area contributed by atoms with Gasteiger partial charge in [-0.05, 0) is 31.1 Å². The molecule has 1 N–H and O–H groups in total. The van der Waals surface area contributed by atoms with Crippen LogP contribution in [0.3, 0.4) is 0 Å². The number of amidine groups is 1. The number of hydrogen-bond acceptors (Lipinski definition) is 3. The van der Waals surface area contributed by atoms with Gasteiger partial charge in [-0.3, -0.25) is 4.99 Å². The molecule has 0 bridgehead atoms. The molecule has 1 heterocycles. The predicted octanol–water partition coefficient (Wildman–Crippen LogP) is 3.04. The van der Waals surface area contributed by atoms with E-state index >= 15 is 0 Å². The summed E-state index contributed by atoms with van der Waals surface area (Å²) in [6, 6.07) is 0.668. The van der Waals surface area contributed by atoms with Gasteiger partial charge in [0.2, 0.25) is 0 Å². The molecule has 1 fully saturated rings. The normalized spacial score (nSPS) is 34.2. The molecule has 0 amide bonds. The van der Waals surface area contributed by atoms with Gasteiger partial charge in [0, 0.05) is 11.3 Å². The van der Waals surface area contributed by atoms with Gasteiger partial charge < -0.3 is 5.32 Å². The maximum Gasteiger partial charge on any atom is 0.157 e. The van der Waals surface area contributed by atoms with E-state index in [4.69, 9.17) is 0 Å². The molecule has 3 heteroatoms. The second kappa shape index (κ2) is 4.36. The van der Waals surface area contributed by atoms with Crippen LogP contribution in [0.4, 0.5) is 0 Å². The minimum Gasteiger partial charge on any atom is -0.362 e. The summed E-state index contributed by atoms with van der Waals surface area (Å²) in [5.74, 6) is 0. The summed E-state index contributed by atoms with van der Waals surface area (Å²) in [5.41, 5.74) is 0.533. The quantitative estimate of drug-likeness (QED) is 0.782. The third-order valence-corrected chi connectivity index (χ3v) is 4.75. The van der Waals surface area contributed by atoms with Crippen LogP contribution in [-0.2, 0) is 0 Å². The van der Waals surface area contributed by atoms with Gasteiger partial charge in [0.15, 0.2) is 5.17 Å². The zero-order valence-corrected chi connectivity index (χ0v) is 10.9. The maximum atomic E-state index is 4.57. The minimum atomic E-state index is 0.533. The first-order chi connectivity index (χ1) is 7.09. The van der Waals surface area contributed by atoms with Crippen molar-refractivity contribution in [3.8, 4) is 0 Å². The molecule has 0 aromatic rings. The van der Waals surface area contributed by atoms with Crippen molar-refractivity contribution < 1.29 is 0 Å². The average Bonchev–Trinajstić information content (AvgIpc) is 2.73. The van der Waals surface area contributed by atoms with Crippen LogP contribution in [0.15, 0.2) is 4.99 Å². The Morgan fingerprint density at radius 2 is 2.33 bits per heavy atom. The SMILES string of the molecule is CCC1CN=C(NC2CCC(C)(C)C2)S1. The van der Waals surface area contributed by atoms with E-state index < -0.39 is 0 Å². The third-order valence-electron chi connectivity index (χ3n) is 3.47. The largest absolute Gasteiger partial charge is 0.362 e. The van der Waals surface area contributed by atoms with Crippen molar-refractivity contribution in [2.24, 2.45) is 10.4 Å². The standard InChI is InChI=1S/C12H22N2S/c1-4-10-8-13-11(15-10)14-9-5-6-12(2,3)7-9/h9-10H,4-8H2,1-3H3,(H,13,14). The first kappa shape index (κ1) is 11.3. The van der Waals surface area contributed by atoms with Crippen LogP contribution in [0.25, 0.3) is 0 Å². The Morgan fingerprint density at radius 1 is 1.53 bits per heavy atom. The van der Waals surface area contributed by atoms with Crippen molar-refractivity contribution in [3.63, 3.8) is 0 Å². The number of nitrogens with one attached hydrogen (secondary N) is 1. The fourth-order valence-corrected chi connectivity index (χ4v) is 3.46. The lowest BCUT2D eigenvalue weighted by Crippen LogP contribution is -2.31. The topological polar surface area (TPSA) is 24.4 Å². The molecule has 1 saturated carbocycles. The second-order valence-corrected chi connectivity index (χ2v) is 6.83. The fraction of sp³-hybridized carbons (Fsp3) is 0.917. The minimum absolute atomic E-state index is 0.533. The Bertz CT molecular complexity index is 260. The van der Waals surface area contributed by atoms with Gasteiger partial charge in [-0.15, -0.1) is 0 Å². The van der Waals surface area contributed by atoms with Gasteiger partial charge in [-0.25, -0.2) is 0 Å². The van der Waals surface area contributed by atoms with E-state index in [0.29, 0.717) is 11.5 Å². The number of nitrogens with zero attached hydrogens (tertiary/aromatic N) is 1. The highest BCUT2D eigenvalue weighted by Crippen LogP contribution is 2.37. The number of aliphatic imine (C=N–C) groups is 1. The van der Waals surface area contributed by atoms with E-state index in [1.165, 1.54) is 30.9 Å². The molecule has 2 nitrogen and oxygen atoms in total. The molecule has 2 aliphatic rings. The average molecular weight is 226 g/mol. The number of hydrogen-bond donors (Lipinski definition) is 1. The molecule has 2 rings (SSSR count). The zero-order chi connectivity index (χ0) is 10.9. The van der Waals surface area contributed by atoms with Crippen LogP contribution in [0.2, 0.25) is 0 Å². The molecule has 0 radical (unpaired) electrons. The first-order valence-corrected chi connectivity index (χ1v) is 6.95. The Kier molecular flexibility index (Phi) is 3.29. The van der Waals surface area contributed by atoms with Crippen LogP contribution in [0.5, 0.6) is 0 Å². The Hall–Kier alpha value is -0.180. The lowest BCUT2D eigenvalue weighted by molar-refractivity contribution is 0.372. The molecule has 2 atom stereocenters. The molecule has 1 aliphatic heterocycles. The smallest absolute Gasteiger partial charge is 0.157 e.